The van der Waals surface area contributed by atoms with E-state index >= 15 is 0 Å². The molecule has 0 aliphatic rings. The molecule has 0 aromatic heterocycles. The standard InChI is InChI=1S/C12H19NO2S/c1-4-16(14,15)12-7-5-11(6-8-12)9-10(2)13-3/h5-8,10,13H,4,9H2,1-3H3. The summed E-state index contributed by atoms with van der Waals surface area (Å²) < 4.78 is 23.2. The maximum Gasteiger partial charge on any atom is 0.178 e. The first-order chi connectivity index (χ1) is 7.49. The van der Waals surface area contributed by atoms with Crippen molar-refractivity contribution in [2.24, 2.45) is 0 Å². The Balaban J connectivity index is 2.84. The van der Waals surface area contributed by atoms with E-state index in [4.69, 9.17) is 0 Å². The van der Waals surface area contributed by atoms with Gasteiger partial charge in [0.25, 0.3) is 0 Å². The maximum atomic E-state index is 11.6. The van der Waals surface area contributed by atoms with Gasteiger partial charge in [-0.25, -0.2) is 8.42 Å². The molecule has 0 saturated heterocycles. The maximum absolute atomic E-state index is 11.6. The highest BCUT2D eigenvalue weighted by atomic mass is 32.2. The molecule has 0 aliphatic heterocycles. The second kappa shape index (κ2) is 5.46. The Kier molecular flexibility index (Phi) is 4.50. The molecule has 0 aliphatic carbocycles. The Labute approximate surface area is 97.8 Å². The van der Waals surface area contributed by atoms with E-state index in [1.807, 2.05) is 19.2 Å². The number of hydrogen-bond acceptors (Lipinski definition) is 3. The van der Waals surface area contributed by atoms with Gasteiger partial charge in [0.1, 0.15) is 0 Å². The zero-order chi connectivity index (χ0) is 12.2. The Hall–Kier alpha value is -0.870. The van der Waals surface area contributed by atoms with Crippen molar-refractivity contribution in [1.29, 1.82) is 0 Å². The predicted octanol–water partition coefficient (Wildman–Crippen LogP) is 1.63. The van der Waals surface area contributed by atoms with Crippen LogP contribution in [-0.4, -0.2) is 27.3 Å². The molecule has 0 saturated carbocycles. The minimum atomic E-state index is -3.06. The van der Waals surface area contributed by atoms with E-state index in [9.17, 15) is 8.42 Å². The van der Waals surface area contributed by atoms with E-state index in [1.165, 1.54) is 0 Å². The van der Waals surface area contributed by atoms with Gasteiger partial charge in [0.05, 0.1) is 10.6 Å². The van der Waals surface area contributed by atoms with Gasteiger partial charge in [0.2, 0.25) is 0 Å². The molecule has 0 fully saturated rings. The van der Waals surface area contributed by atoms with Crippen molar-refractivity contribution in [2.75, 3.05) is 12.8 Å². The van der Waals surface area contributed by atoms with Gasteiger partial charge in [-0.15, -0.1) is 0 Å². The van der Waals surface area contributed by atoms with Gasteiger partial charge in [-0.1, -0.05) is 19.1 Å². The lowest BCUT2D eigenvalue weighted by atomic mass is 10.1. The molecule has 1 aromatic rings. The van der Waals surface area contributed by atoms with Gasteiger partial charge in [0.15, 0.2) is 9.84 Å². The second-order valence-electron chi connectivity index (χ2n) is 3.94. The fourth-order valence-electron chi connectivity index (χ4n) is 1.46. The van der Waals surface area contributed by atoms with Crippen molar-refractivity contribution in [3.63, 3.8) is 0 Å². The molecule has 1 unspecified atom stereocenters. The summed E-state index contributed by atoms with van der Waals surface area (Å²) in [5.41, 5.74) is 1.15. The first-order valence-corrected chi connectivity index (χ1v) is 7.13. The smallest absolute Gasteiger partial charge is 0.178 e. The molecule has 1 rings (SSSR count). The summed E-state index contributed by atoms with van der Waals surface area (Å²) >= 11 is 0. The number of benzene rings is 1. The lowest BCUT2D eigenvalue weighted by molar-refractivity contribution is 0.596. The molecule has 90 valence electrons. The molecule has 0 bridgehead atoms. The van der Waals surface area contributed by atoms with Crippen molar-refractivity contribution in [1.82, 2.24) is 5.32 Å². The normalized spacial score (nSPS) is 13.7. The van der Waals surface area contributed by atoms with E-state index in [0.29, 0.717) is 10.9 Å². The number of rotatable bonds is 5. The molecular weight excluding hydrogens is 222 g/mol. The topological polar surface area (TPSA) is 46.2 Å². The van der Waals surface area contributed by atoms with Gasteiger partial charge in [0, 0.05) is 6.04 Å². The average Bonchev–Trinajstić information content (AvgIpc) is 2.29. The summed E-state index contributed by atoms with van der Waals surface area (Å²) in [4.78, 5) is 0.413. The van der Waals surface area contributed by atoms with Gasteiger partial charge in [-0.2, -0.15) is 0 Å². The summed E-state index contributed by atoms with van der Waals surface area (Å²) in [6, 6.07) is 7.55. The van der Waals surface area contributed by atoms with Crippen LogP contribution in [0.4, 0.5) is 0 Å². The summed E-state index contributed by atoms with van der Waals surface area (Å²) in [5.74, 6) is 0.152. The molecule has 3 nitrogen and oxygen atoms in total. The molecule has 0 amide bonds. The third-order valence-corrected chi connectivity index (χ3v) is 4.45. The van der Waals surface area contributed by atoms with Crippen LogP contribution in [-0.2, 0) is 16.3 Å². The molecule has 0 spiro atoms. The van der Waals surface area contributed by atoms with E-state index in [-0.39, 0.29) is 5.75 Å². The van der Waals surface area contributed by atoms with Crippen LogP contribution >= 0.6 is 0 Å². The molecule has 0 heterocycles. The van der Waals surface area contributed by atoms with Crippen molar-refractivity contribution < 1.29 is 8.42 Å². The van der Waals surface area contributed by atoms with Crippen LogP contribution in [0.15, 0.2) is 29.2 Å². The summed E-state index contributed by atoms with van der Waals surface area (Å²) in [6.07, 6.45) is 0.906. The highest BCUT2D eigenvalue weighted by Crippen LogP contribution is 2.13. The highest BCUT2D eigenvalue weighted by Gasteiger charge is 2.10. The van der Waals surface area contributed by atoms with Gasteiger partial charge in [-0.05, 0) is 38.1 Å². The summed E-state index contributed by atoms with van der Waals surface area (Å²) in [6.45, 7) is 3.75. The summed E-state index contributed by atoms with van der Waals surface area (Å²) in [5, 5.41) is 3.15. The molecular formula is C12H19NO2S. The van der Waals surface area contributed by atoms with Crippen LogP contribution in [0, 0.1) is 0 Å². The molecule has 1 N–H and O–H groups in total. The van der Waals surface area contributed by atoms with Gasteiger partial charge < -0.3 is 5.32 Å². The quantitative estimate of drug-likeness (QED) is 0.852. The van der Waals surface area contributed by atoms with Crippen molar-refractivity contribution in [3.05, 3.63) is 29.8 Å². The Bertz CT molecular complexity index is 423. The lowest BCUT2D eigenvalue weighted by Crippen LogP contribution is -2.23. The minimum absolute atomic E-state index is 0.152. The number of hydrogen-bond donors (Lipinski definition) is 1. The van der Waals surface area contributed by atoms with Crippen LogP contribution in [0.25, 0.3) is 0 Å². The third-order valence-electron chi connectivity index (χ3n) is 2.70. The Morgan fingerprint density at radius 2 is 1.81 bits per heavy atom. The Morgan fingerprint density at radius 1 is 1.25 bits per heavy atom. The zero-order valence-electron chi connectivity index (χ0n) is 10.0. The van der Waals surface area contributed by atoms with Crippen molar-refractivity contribution in [3.8, 4) is 0 Å². The van der Waals surface area contributed by atoms with E-state index < -0.39 is 9.84 Å². The van der Waals surface area contributed by atoms with Crippen molar-refractivity contribution in [2.45, 2.75) is 31.2 Å². The molecule has 0 radical (unpaired) electrons. The number of likely N-dealkylation sites (N-methyl/N-ethyl adjacent to an activating group) is 1. The highest BCUT2D eigenvalue weighted by molar-refractivity contribution is 7.91. The first-order valence-electron chi connectivity index (χ1n) is 5.48. The fraction of sp³-hybridized carbons (Fsp3) is 0.500. The molecule has 4 heteroatoms. The van der Waals surface area contributed by atoms with E-state index in [2.05, 4.69) is 12.2 Å². The summed E-state index contributed by atoms with van der Waals surface area (Å²) in [7, 11) is -1.15. The van der Waals surface area contributed by atoms with Crippen LogP contribution in [0.1, 0.15) is 19.4 Å². The van der Waals surface area contributed by atoms with Crippen molar-refractivity contribution >= 4 is 9.84 Å². The first kappa shape index (κ1) is 13.2. The van der Waals surface area contributed by atoms with Crippen LogP contribution < -0.4 is 5.32 Å². The molecule has 1 atom stereocenters. The molecule has 16 heavy (non-hydrogen) atoms. The zero-order valence-corrected chi connectivity index (χ0v) is 10.8. The monoisotopic (exact) mass is 241 g/mol. The number of sulfone groups is 1. The van der Waals surface area contributed by atoms with Crippen LogP contribution in [0.2, 0.25) is 0 Å². The van der Waals surface area contributed by atoms with Gasteiger partial charge in [-0.3, -0.25) is 0 Å². The van der Waals surface area contributed by atoms with Crippen LogP contribution in [0.5, 0.6) is 0 Å². The van der Waals surface area contributed by atoms with Gasteiger partial charge >= 0.3 is 0 Å². The third kappa shape index (κ3) is 3.32. The van der Waals surface area contributed by atoms with Crippen LogP contribution in [0.3, 0.4) is 0 Å². The minimum Gasteiger partial charge on any atom is -0.317 e. The SMILES string of the molecule is CCS(=O)(=O)c1ccc(CC(C)NC)cc1. The fourth-order valence-corrected chi connectivity index (χ4v) is 2.34. The predicted molar refractivity (Wildman–Crippen MR) is 66.4 cm³/mol. The number of nitrogens with one attached hydrogen (secondary N) is 1. The Morgan fingerprint density at radius 3 is 2.25 bits per heavy atom. The second-order valence-corrected chi connectivity index (χ2v) is 6.22. The largest absolute Gasteiger partial charge is 0.317 e. The van der Waals surface area contributed by atoms with E-state index in [1.54, 1.807) is 19.1 Å². The van der Waals surface area contributed by atoms with E-state index in [0.717, 1.165) is 12.0 Å². The average molecular weight is 241 g/mol. The lowest BCUT2D eigenvalue weighted by Gasteiger charge is -2.10. The molecule has 1 aromatic carbocycles.